The molecule has 4 heteroatoms. The van der Waals surface area contributed by atoms with Gasteiger partial charge in [-0.25, -0.2) is 0 Å². The summed E-state index contributed by atoms with van der Waals surface area (Å²) in [5.74, 6) is 0.241. The van der Waals surface area contributed by atoms with Crippen molar-refractivity contribution in [1.29, 1.82) is 0 Å². The topological polar surface area (TPSA) is 49.2 Å². The van der Waals surface area contributed by atoms with Crippen LogP contribution in [0.15, 0.2) is 36.5 Å². The average molecular weight is 257 g/mol. The summed E-state index contributed by atoms with van der Waals surface area (Å²) in [6.45, 7) is 4.60. The zero-order valence-electron chi connectivity index (χ0n) is 11.5. The quantitative estimate of drug-likeness (QED) is 0.915. The molecule has 2 aromatic heterocycles. The molecule has 0 aromatic carbocycles. The van der Waals surface area contributed by atoms with Gasteiger partial charge in [0.25, 0.3) is 0 Å². The van der Waals surface area contributed by atoms with Crippen LogP contribution in [0.1, 0.15) is 30.0 Å². The van der Waals surface area contributed by atoms with Gasteiger partial charge in [0.05, 0.1) is 11.4 Å². The minimum absolute atomic E-state index is 0.169. The van der Waals surface area contributed by atoms with Crippen LogP contribution in [0.3, 0.4) is 0 Å². The molecule has 0 radical (unpaired) electrons. The molecule has 0 amide bonds. The van der Waals surface area contributed by atoms with Gasteiger partial charge >= 0.3 is 0 Å². The third kappa shape index (κ3) is 3.29. The summed E-state index contributed by atoms with van der Waals surface area (Å²) in [7, 11) is 2.00. The first-order chi connectivity index (χ1) is 9.08. The molecule has 2 rings (SSSR count). The van der Waals surface area contributed by atoms with Crippen LogP contribution >= 0.6 is 0 Å². The highest BCUT2D eigenvalue weighted by molar-refractivity contribution is 5.27. The monoisotopic (exact) mass is 257 g/mol. The van der Waals surface area contributed by atoms with E-state index in [2.05, 4.69) is 21.8 Å². The third-order valence-electron chi connectivity index (χ3n) is 3.27. The maximum absolute atomic E-state index is 9.83. The van der Waals surface area contributed by atoms with Crippen molar-refractivity contribution < 1.29 is 5.11 Å². The van der Waals surface area contributed by atoms with E-state index in [-0.39, 0.29) is 11.8 Å². The van der Waals surface area contributed by atoms with Gasteiger partial charge in [-0.1, -0.05) is 6.07 Å². The summed E-state index contributed by atoms with van der Waals surface area (Å²) in [4.78, 5) is 10.8. The number of rotatable bonds is 4. The van der Waals surface area contributed by atoms with Crippen LogP contribution in [0.25, 0.3) is 0 Å². The first kappa shape index (κ1) is 13.5. The molecule has 0 bridgehead atoms. The van der Waals surface area contributed by atoms with Gasteiger partial charge in [0.1, 0.15) is 5.75 Å². The molecule has 19 heavy (non-hydrogen) atoms. The van der Waals surface area contributed by atoms with Crippen molar-refractivity contribution >= 4 is 0 Å². The Kier molecular flexibility index (Phi) is 4.12. The van der Waals surface area contributed by atoms with Gasteiger partial charge in [-0.2, -0.15) is 0 Å². The summed E-state index contributed by atoms with van der Waals surface area (Å²) in [5.41, 5.74) is 2.62. The first-order valence-corrected chi connectivity index (χ1v) is 6.34. The molecular weight excluding hydrogens is 238 g/mol. The first-order valence-electron chi connectivity index (χ1n) is 6.34. The molecule has 2 heterocycles. The Morgan fingerprint density at radius 2 is 2.05 bits per heavy atom. The SMILES string of the molecule is Cc1ccc(O)c(CN(C)C(C)c2ccccn2)n1. The van der Waals surface area contributed by atoms with Gasteiger partial charge in [-0.15, -0.1) is 0 Å². The highest BCUT2D eigenvalue weighted by Crippen LogP contribution is 2.22. The fourth-order valence-electron chi connectivity index (χ4n) is 1.94. The second-order valence-corrected chi connectivity index (χ2v) is 4.76. The lowest BCUT2D eigenvalue weighted by atomic mass is 10.2. The van der Waals surface area contributed by atoms with Crippen molar-refractivity contribution in [3.63, 3.8) is 0 Å². The Morgan fingerprint density at radius 1 is 1.26 bits per heavy atom. The zero-order valence-corrected chi connectivity index (χ0v) is 11.5. The Morgan fingerprint density at radius 3 is 2.74 bits per heavy atom. The maximum Gasteiger partial charge on any atom is 0.138 e. The maximum atomic E-state index is 9.83. The fraction of sp³-hybridized carbons (Fsp3) is 0.333. The minimum atomic E-state index is 0.169. The van der Waals surface area contributed by atoms with E-state index in [4.69, 9.17) is 0 Å². The van der Waals surface area contributed by atoms with E-state index in [9.17, 15) is 5.11 Å². The van der Waals surface area contributed by atoms with Gasteiger partial charge in [0.2, 0.25) is 0 Å². The van der Waals surface area contributed by atoms with Gasteiger partial charge in [-0.05, 0) is 45.2 Å². The Balaban J connectivity index is 2.12. The predicted octanol–water partition coefficient (Wildman–Crippen LogP) is 2.68. The number of aryl methyl sites for hydroxylation is 1. The molecule has 0 aliphatic carbocycles. The summed E-state index contributed by atoms with van der Waals surface area (Å²) in [6, 6.07) is 9.56. The van der Waals surface area contributed by atoms with E-state index in [1.165, 1.54) is 0 Å². The van der Waals surface area contributed by atoms with E-state index >= 15 is 0 Å². The largest absolute Gasteiger partial charge is 0.506 e. The summed E-state index contributed by atoms with van der Waals surface area (Å²) < 4.78 is 0. The van der Waals surface area contributed by atoms with Crippen LogP contribution in [0.5, 0.6) is 5.75 Å². The smallest absolute Gasteiger partial charge is 0.138 e. The van der Waals surface area contributed by atoms with E-state index in [1.807, 2.05) is 32.2 Å². The molecule has 0 aliphatic heterocycles. The van der Waals surface area contributed by atoms with Crippen LogP contribution in [0.2, 0.25) is 0 Å². The molecule has 1 unspecified atom stereocenters. The van der Waals surface area contributed by atoms with Crippen LogP contribution in [-0.2, 0) is 6.54 Å². The van der Waals surface area contributed by atoms with E-state index in [0.29, 0.717) is 12.2 Å². The third-order valence-corrected chi connectivity index (χ3v) is 3.27. The van der Waals surface area contributed by atoms with Gasteiger partial charge in [0.15, 0.2) is 0 Å². The predicted molar refractivity (Wildman–Crippen MR) is 74.8 cm³/mol. The van der Waals surface area contributed by atoms with Crippen molar-refractivity contribution in [2.24, 2.45) is 0 Å². The Labute approximate surface area is 113 Å². The molecular formula is C15H19N3O. The van der Waals surface area contributed by atoms with Crippen LogP contribution in [0, 0.1) is 6.92 Å². The van der Waals surface area contributed by atoms with Crippen molar-refractivity contribution in [1.82, 2.24) is 14.9 Å². The normalized spacial score (nSPS) is 12.6. The van der Waals surface area contributed by atoms with Crippen molar-refractivity contribution in [2.75, 3.05) is 7.05 Å². The summed E-state index contributed by atoms with van der Waals surface area (Å²) in [6.07, 6.45) is 1.79. The van der Waals surface area contributed by atoms with E-state index < -0.39 is 0 Å². The molecule has 0 saturated carbocycles. The Bertz CT molecular complexity index is 542. The molecule has 1 N–H and O–H groups in total. The second-order valence-electron chi connectivity index (χ2n) is 4.76. The summed E-state index contributed by atoms with van der Waals surface area (Å²) in [5, 5.41) is 9.83. The lowest BCUT2D eigenvalue weighted by Gasteiger charge is -2.24. The lowest BCUT2D eigenvalue weighted by molar-refractivity contribution is 0.242. The second kappa shape index (κ2) is 5.80. The number of pyridine rings is 2. The zero-order chi connectivity index (χ0) is 13.8. The number of hydrogen-bond acceptors (Lipinski definition) is 4. The molecule has 100 valence electrons. The van der Waals surface area contributed by atoms with Crippen LogP contribution < -0.4 is 0 Å². The van der Waals surface area contributed by atoms with Gasteiger partial charge < -0.3 is 5.11 Å². The van der Waals surface area contributed by atoms with Crippen molar-refractivity contribution in [2.45, 2.75) is 26.4 Å². The Hall–Kier alpha value is -1.94. The number of nitrogens with zero attached hydrogens (tertiary/aromatic N) is 3. The van der Waals surface area contributed by atoms with Gasteiger partial charge in [-0.3, -0.25) is 14.9 Å². The molecule has 0 saturated heterocycles. The lowest BCUT2D eigenvalue weighted by Crippen LogP contribution is -2.23. The molecule has 1 atom stereocenters. The highest BCUT2D eigenvalue weighted by atomic mass is 16.3. The highest BCUT2D eigenvalue weighted by Gasteiger charge is 2.15. The molecule has 2 aromatic rings. The van der Waals surface area contributed by atoms with Crippen molar-refractivity contribution in [3.05, 3.63) is 53.6 Å². The molecule has 4 nitrogen and oxygen atoms in total. The molecule has 0 fully saturated rings. The van der Waals surface area contributed by atoms with Crippen LogP contribution in [-0.4, -0.2) is 27.0 Å². The summed E-state index contributed by atoms with van der Waals surface area (Å²) >= 11 is 0. The fourth-order valence-corrected chi connectivity index (χ4v) is 1.94. The van der Waals surface area contributed by atoms with E-state index in [1.54, 1.807) is 18.3 Å². The molecule has 0 aliphatic rings. The standard InChI is InChI=1S/C15H19N3O/c1-11-7-8-15(19)14(17-11)10-18(3)12(2)13-6-4-5-9-16-13/h4-9,12,19H,10H2,1-3H3. The van der Waals surface area contributed by atoms with Crippen LogP contribution in [0.4, 0.5) is 0 Å². The van der Waals surface area contributed by atoms with E-state index in [0.717, 1.165) is 11.4 Å². The van der Waals surface area contributed by atoms with Crippen molar-refractivity contribution in [3.8, 4) is 5.75 Å². The minimum Gasteiger partial charge on any atom is -0.506 e. The number of hydrogen-bond donors (Lipinski definition) is 1. The molecule has 0 spiro atoms. The average Bonchev–Trinajstić information content (AvgIpc) is 2.43. The number of aromatic hydroxyl groups is 1. The number of aromatic nitrogens is 2. The van der Waals surface area contributed by atoms with Gasteiger partial charge in [0, 0.05) is 24.5 Å².